The fraction of sp³-hybridized carbons (Fsp3) is 0.417. The molecule has 30 heavy (non-hydrogen) atoms. The molecule has 164 valence electrons. The van der Waals surface area contributed by atoms with Gasteiger partial charge in [-0.05, 0) is 50.5 Å². The SMILES string of the molecule is CC1=CC=CC(C)(C=C(O)[C@@H](O)[C@@H](O)[C@H](O)[C@@H](O)C(O)=Cc2ccc(C)cc2C)C1. The van der Waals surface area contributed by atoms with Crippen LogP contribution in [0.5, 0.6) is 0 Å². The molecule has 0 bridgehead atoms. The van der Waals surface area contributed by atoms with E-state index in [0.29, 0.717) is 12.0 Å². The van der Waals surface area contributed by atoms with E-state index in [1.807, 2.05) is 58.1 Å². The highest BCUT2D eigenvalue weighted by molar-refractivity contribution is 5.56. The van der Waals surface area contributed by atoms with Gasteiger partial charge in [0.15, 0.2) is 0 Å². The first-order valence-electron chi connectivity index (χ1n) is 9.90. The minimum Gasteiger partial charge on any atom is -0.510 e. The van der Waals surface area contributed by atoms with Crippen LogP contribution < -0.4 is 0 Å². The summed E-state index contributed by atoms with van der Waals surface area (Å²) >= 11 is 0. The summed E-state index contributed by atoms with van der Waals surface area (Å²) in [6.45, 7) is 7.58. The monoisotopic (exact) mass is 416 g/mol. The molecule has 0 aromatic heterocycles. The fourth-order valence-corrected chi connectivity index (χ4v) is 3.63. The van der Waals surface area contributed by atoms with Crippen LogP contribution in [0.1, 0.15) is 37.0 Å². The molecule has 5 atom stereocenters. The maximum atomic E-state index is 10.3. The molecule has 0 saturated carbocycles. The van der Waals surface area contributed by atoms with Gasteiger partial charge in [0.05, 0.1) is 0 Å². The second-order valence-electron chi connectivity index (χ2n) is 8.42. The fourth-order valence-electron chi connectivity index (χ4n) is 3.63. The Bertz CT molecular complexity index is 882. The van der Waals surface area contributed by atoms with Gasteiger partial charge in [-0.15, -0.1) is 0 Å². The lowest BCUT2D eigenvalue weighted by Crippen LogP contribution is -2.46. The normalized spacial score (nSPS) is 24.2. The molecule has 0 heterocycles. The zero-order valence-electron chi connectivity index (χ0n) is 17.8. The predicted molar refractivity (Wildman–Crippen MR) is 117 cm³/mol. The van der Waals surface area contributed by atoms with Gasteiger partial charge in [0.25, 0.3) is 0 Å². The Kier molecular flexibility index (Phi) is 7.66. The van der Waals surface area contributed by atoms with Crippen LogP contribution in [0.15, 0.2) is 59.6 Å². The van der Waals surface area contributed by atoms with Crippen LogP contribution >= 0.6 is 0 Å². The zero-order valence-corrected chi connectivity index (χ0v) is 17.8. The van der Waals surface area contributed by atoms with E-state index in [0.717, 1.165) is 16.7 Å². The molecule has 1 aliphatic rings. The molecule has 1 aliphatic carbocycles. The second kappa shape index (κ2) is 9.62. The van der Waals surface area contributed by atoms with Gasteiger partial charge in [-0.2, -0.15) is 0 Å². The zero-order chi connectivity index (χ0) is 22.6. The van der Waals surface area contributed by atoms with E-state index in [1.165, 1.54) is 12.2 Å². The van der Waals surface area contributed by atoms with E-state index >= 15 is 0 Å². The van der Waals surface area contributed by atoms with Gasteiger partial charge < -0.3 is 30.6 Å². The number of rotatable bonds is 7. The van der Waals surface area contributed by atoms with Crippen LogP contribution in [0.25, 0.3) is 6.08 Å². The number of aliphatic hydroxyl groups is 6. The summed E-state index contributed by atoms with van der Waals surface area (Å²) < 4.78 is 0. The van der Waals surface area contributed by atoms with Crippen LogP contribution in [-0.2, 0) is 0 Å². The van der Waals surface area contributed by atoms with Crippen LogP contribution in [0.3, 0.4) is 0 Å². The lowest BCUT2D eigenvalue weighted by molar-refractivity contribution is -0.100. The molecule has 1 aromatic carbocycles. The molecule has 0 radical (unpaired) electrons. The van der Waals surface area contributed by atoms with Gasteiger partial charge >= 0.3 is 0 Å². The second-order valence-corrected chi connectivity index (χ2v) is 8.42. The number of hydrogen-bond acceptors (Lipinski definition) is 6. The lowest BCUT2D eigenvalue weighted by atomic mass is 9.79. The third kappa shape index (κ3) is 5.83. The number of allylic oxidation sites excluding steroid dienone is 5. The molecule has 6 heteroatoms. The average molecular weight is 417 g/mol. The molecular formula is C24H32O6. The van der Waals surface area contributed by atoms with Crippen molar-refractivity contribution in [3.8, 4) is 0 Å². The maximum absolute atomic E-state index is 10.3. The van der Waals surface area contributed by atoms with E-state index in [-0.39, 0.29) is 0 Å². The molecule has 1 aromatic rings. The average Bonchev–Trinajstić information content (AvgIpc) is 2.67. The minimum absolute atomic E-state index is 0.520. The minimum atomic E-state index is -1.92. The Morgan fingerprint density at radius 3 is 2.13 bits per heavy atom. The Hall–Kier alpha value is -2.38. The van der Waals surface area contributed by atoms with Gasteiger partial charge in [0, 0.05) is 5.41 Å². The number of aryl methyl sites for hydroxylation is 2. The van der Waals surface area contributed by atoms with Gasteiger partial charge in [-0.25, -0.2) is 0 Å². The molecule has 0 fully saturated rings. The van der Waals surface area contributed by atoms with Gasteiger partial charge in [0.1, 0.15) is 35.9 Å². The summed E-state index contributed by atoms with van der Waals surface area (Å²) in [5, 5.41) is 61.5. The molecule has 2 rings (SSSR count). The highest BCUT2D eigenvalue weighted by Crippen LogP contribution is 2.34. The first kappa shape index (κ1) is 23.9. The van der Waals surface area contributed by atoms with E-state index in [2.05, 4.69) is 0 Å². The Labute approximate surface area is 177 Å². The van der Waals surface area contributed by atoms with Crippen molar-refractivity contribution in [1.82, 2.24) is 0 Å². The quantitative estimate of drug-likeness (QED) is 0.380. The van der Waals surface area contributed by atoms with Gasteiger partial charge in [-0.3, -0.25) is 0 Å². The van der Waals surface area contributed by atoms with Gasteiger partial charge in [-0.1, -0.05) is 54.5 Å². The maximum Gasteiger partial charge on any atom is 0.139 e. The van der Waals surface area contributed by atoms with E-state index in [4.69, 9.17) is 0 Å². The molecule has 0 spiro atoms. The van der Waals surface area contributed by atoms with Crippen molar-refractivity contribution in [2.24, 2.45) is 5.41 Å². The van der Waals surface area contributed by atoms with Crippen molar-refractivity contribution in [2.45, 2.75) is 58.5 Å². The Morgan fingerprint density at radius 2 is 1.57 bits per heavy atom. The molecule has 0 aliphatic heterocycles. The van der Waals surface area contributed by atoms with Crippen molar-refractivity contribution in [2.75, 3.05) is 0 Å². The van der Waals surface area contributed by atoms with Crippen molar-refractivity contribution in [1.29, 1.82) is 0 Å². The highest BCUT2D eigenvalue weighted by Gasteiger charge is 2.35. The largest absolute Gasteiger partial charge is 0.510 e. The van der Waals surface area contributed by atoms with Gasteiger partial charge in [0.2, 0.25) is 0 Å². The molecule has 0 saturated heterocycles. The summed E-state index contributed by atoms with van der Waals surface area (Å²) in [6.07, 6.45) is 1.47. The number of benzene rings is 1. The van der Waals surface area contributed by atoms with Crippen molar-refractivity contribution in [3.05, 3.63) is 76.3 Å². The van der Waals surface area contributed by atoms with Crippen molar-refractivity contribution < 1.29 is 30.6 Å². The van der Waals surface area contributed by atoms with Crippen LogP contribution in [0.2, 0.25) is 0 Å². The summed E-state index contributed by atoms with van der Waals surface area (Å²) in [5.74, 6) is -1.08. The summed E-state index contributed by atoms with van der Waals surface area (Å²) in [6, 6.07) is 5.50. The summed E-state index contributed by atoms with van der Waals surface area (Å²) in [4.78, 5) is 0. The first-order valence-corrected chi connectivity index (χ1v) is 9.90. The molecule has 6 nitrogen and oxygen atoms in total. The Balaban J connectivity index is 2.13. The smallest absolute Gasteiger partial charge is 0.139 e. The van der Waals surface area contributed by atoms with Crippen molar-refractivity contribution >= 4 is 6.08 Å². The number of hydrogen-bond donors (Lipinski definition) is 6. The predicted octanol–water partition coefficient (Wildman–Crippen LogP) is 3.00. The third-order valence-corrected chi connectivity index (χ3v) is 5.33. The molecule has 1 unspecified atom stereocenters. The van der Waals surface area contributed by atoms with E-state index < -0.39 is 41.3 Å². The third-order valence-electron chi connectivity index (χ3n) is 5.33. The van der Waals surface area contributed by atoms with Crippen LogP contribution in [0, 0.1) is 19.3 Å². The molecular weight excluding hydrogens is 384 g/mol. The summed E-state index contributed by atoms with van der Waals surface area (Å²) in [5.41, 5.74) is 3.08. The molecule has 6 N–H and O–H groups in total. The van der Waals surface area contributed by atoms with Crippen LogP contribution in [-0.4, -0.2) is 55.1 Å². The lowest BCUT2D eigenvalue weighted by Gasteiger charge is -2.29. The number of aliphatic hydroxyl groups excluding tert-OH is 6. The van der Waals surface area contributed by atoms with Crippen LogP contribution in [0.4, 0.5) is 0 Å². The topological polar surface area (TPSA) is 121 Å². The van der Waals surface area contributed by atoms with E-state index in [9.17, 15) is 30.6 Å². The van der Waals surface area contributed by atoms with E-state index in [1.54, 1.807) is 6.07 Å². The standard InChI is InChI=1S/C24H32O6/c1-14-7-8-17(16(3)10-14)11-18(25)20(27)22(29)23(30)21(28)19(26)13-24(4)9-5-6-15(2)12-24/h5-11,13,20-23,25-30H,12H2,1-4H3/t20-,21+,22+,23+,24?/m0/s1. The highest BCUT2D eigenvalue weighted by atomic mass is 16.4. The molecule has 0 amide bonds. The summed E-state index contributed by atoms with van der Waals surface area (Å²) in [7, 11) is 0. The Morgan fingerprint density at radius 1 is 0.967 bits per heavy atom. The first-order chi connectivity index (χ1) is 13.9. The van der Waals surface area contributed by atoms with Crippen molar-refractivity contribution in [3.63, 3.8) is 0 Å².